The minimum absolute atomic E-state index is 0.00465. The SMILES string of the molecule is C=CCCCOC(=O)N[C@H](C(=O)N1C[C@H](OC(=O)N2CCc3cccc(C=C)c3C2)C[C@H]1C(=O)OC)C(C)(C)C. The highest BCUT2D eigenvalue weighted by Crippen LogP contribution is 2.29. The Morgan fingerprint density at radius 3 is 2.60 bits per heavy atom. The van der Waals surface area contributed by atoms with Gasteiger partial charge < -0.3 is 29.3 Å². The summed E-state index contributed by atoms with van der Waals surface area (Å²) in [6.45, 7) is 14.0. The molecule has 3 amide bonds. The zero-order chi connectivity index (χ0) is 29.4. The molecule has 40 heavy (non-hydrogen) atoms. The third-order valence-corrected chi connectivity index (χ3v) is 7.23. The molecule has 2 heterocycles. The Hall–Kier alpha value is -3.82. The summed E-state index contributed by atoms with van der Waals surface area (Å²) in [7, 11) is 1.24. The van der Waals surface area contributed by atoms with Crippen LogP contribution in [0.3, 0.4) is 0 Å². The molecule has 3 atom stereocenters. The van der Waals surface area contributed by atoms with E-state index in [9.17, 15) is 19.2 Å². The second-order valence-corrected chi connectivity index (χ2v) is 11.1. The average molecular weight is 556 g/mol. The lowest BCUT2D eigenvalue weighted by Crippen LogP contribution is -2.57. The fraction of sp³-hybridized carbons (Fsp3) is 0.533. The van der Waals surface area contributed by atoms with Crippen LogP contribution in [0.5, 0.6) is 0 Å². The molecule has 0 spiro atoms. The van der Waals surface area contributed by atoms with E-state index in [1.165, 1.54) is 17.6 Å². The van der Waals surface area contributed by atoms with Crippen LogP contribution in [-0.2, 0) is 36.8 Å². The molecule has 0 bridgehead atoms. The first-order chi connectivity index (χ1) is 19.0. The van der Waals surface area contributed by atoms with Gasteiger partial charge in [0, 0.05) is 19.5 Å². The summed E-state index contributed by atoms with van der Waals surface area (Å²) in [6.07, 6.45) is 3.64. The summed E-state index contributed by atoms with van der Waals surface area (Å²) >= 11 is 0. The molecule has 0 aliphatic carbocycles. The van der Waals surface area contributed by atoms with E-state index in [4.69, 9.17) is 14.2 Å². The maximum Gasteiger partial charge on any atom is 0.410 e. The summed E-state index contributed by atoms with van der Waals surface area (Å²) in [6, 6.07) is 4.03. The Labute approximate surface area is 236 Å². The van der Waals surface area contributed by atoms with Gasteiger partial charge in [-0.1, -0.05) is 57.7 Å². The predicted octanol–water partition coefficient (Wildman–Crippen LogP) is 4.07. The standard InChI is InChI=1S/C30H41N3O7/c1-7-9-10-16-39-28(36)31-25(30(3,4)5)26(34)33-18-22(17-24(33)27(35)38-6)40-29(37)32-15-14-21-13-11-12-20(8-2)23(21)19-32/h7-8,11-13,22,24-25H,1-2,9-10,14-19H2,3-6H3,(H,31,36)/t22-,24+,25-/m1/s1. The highest BCUT2D eigenvalue weighted by molar-refractivity contribution is 5.91. The van der Waals surface area contributed by atoms with Gasteiger partial charge in [0.25, 0.3) is 0 Å². The number of amides is 3. The van der Waals surface area contributed by atoms with Crippen molar-refractivity contribution in [3.63, 3.8) is 0 Å². The Bertz CT molecular complexity index is 1130. The lowest BCUT2D eigenvalue weighted by atomic mass is 9.85. The van der Waals surface area contributed by atoms with Crippen molar-refractivity contribution in [1.82, 2.24) is 15.1 Å². The van der Waals surface area contributed by atoms with E-state index < -0.39 is 47.7 Å². The van der Waals surface area contributed by atoms with Gasteiger partial charge in [0.05, 0.1) is 20.3 Å². The fourth-order valence-electron chi connectivity index (χ4n) is 5.02. The van der Waals surface area contributed by atoms with Crippen molar-refractivity contribution in [3.8, 4) is 0 Å². The van der Waals surface area contributed by atoms with E-state index >= 15 is 0 Å². The zero-order valence-electron chi connectivity index (χ0n) is 23.9. The molecular weight excluding hydrogens is 514 g/mol. The quantitative estimate of drug-likeness (QED) is 0.211. The number of fused-ring (bicyclic) bond motifs is 1. The number of carbonyl (C=O) groups excluding carboxylic acids is 4. The van der Waals surface area contributed by atoms with Gasteiger partial charge >= 0.3 is 18.2 Å². The third kappa shape index (κ3) is 7.43. The number of rotatable bonds is 9. The number of alkyl carbamates (subject to hydrolysis) is 1. The average Bonchev–Trinajstić information content (AvgIpc) is 3.35. The van der Waals surface area contributed by atoms with Gasteiger partial charge in [0.15, 0.2) is 0 Å². The summed E-state index contributed by atoms with van der Waals surface area (Å²) in [4.78, 5) is 55.0. The number of hydrogen-bond acceptors (Lipinski definition) is 7. The van der Waals surface area contributed by atoms with Crippen LogP contribution in [0.1, 0.15) is 56.7 Å². The number of ether oxygens (including phenoxy) is 3. The first-order valence-corrected chi connectivity index (χ1v) is 13.6. The topological polar surface area (TPSA) is 114 Å². The molecule has 3 rings (SSSR count). The Morgan fingerprint density at radius 1 is 1.20 bits per heavy atom. The second kappa shape index (κ2) is 13.5. The molecule has 218 valence electrons. The number of esters is 1. The highest BCUT2D eigenvalue weighted by Gasteiger charge is 2.47. The summed E-state index contributed by atoms with van der Waals surface area (Å²) < 4.78 is 16.0. The number of benzene rings is 1. The second-order valence-electron chi connectivity index (χ2n) is 11.1. The smallest absolute Gasteiger partial charge is 0.410 e. The van der Waals surface area contributed by atoms with Crippen molar-refractivity contribution in [2.75, 3.05) is 26.8 Å². The van der Waals surface area contributed by atoms with Gasteiger partial charge in [-0.15, -0.1) is 6.58 Å². The van der Waals surface area contributed by atoms with Crippen LogP contribution in [0.2, 0.25) is 0 Å². The lowest BCUT2D eigenvalue weighted by Gasteiger charge is -2.34. The van der Waals surface area contributed by atoms with Crippen molar-refractivity contribution in [1.29, 1.82) is 0 Å². The van der Waals surface area contributed by atoms with E-state index in [1.807, 2.05) is 18.2 Å². The van der Waals surface area contributed by atoms with Gasteiger partial charge in [-0.25, -0.2) is 14.4 Å². The molecule has 10 heteroatoms. The molecule has 2 aliphatic heterocycles. The third-order valence-electron chi connectivity index (χ3n) is 7.23. The number of nitrogens with zero attached hydrogens (tertiary/aromatic N) is 2. The molecule has 10 nitrogen and oxygen atoms in total. The molecule has 0 unspecified atom stereocenters. The number of carbonyl (C=O) groups is 4. The summed E-state index contributed by atoms with van der Waals surface area (Å²) in [5.74, 6) is -1.10. The maximum atomic E-state index is 13.7. The Morgan fingerprint density at radius 2 is 1.95 bits per heavy atom. The van der Waals surface area contributed by atoms with Crippen LogP contribution in [0, 0.1) is 5.41 Å². The van der Waals surface area contributed by atoms with Crippen molar-refractivity contribution >= 4 is 30.1 Å². The maximum absolute atomic E-state index is 13.7. The monoisotopic (exact) mass is 555 g/mol. The normalized spacial score (nSPS) is 19.2. The minimum Gasteiger partial charge on any atom is -0.467 e. The van der Waals surface area contributed by atoms with Crippen LogP contribution in [0.4, 0.5) is 9.59 Å². The molecule has 1 saturated heterocycles. The van der Waals surface area contributed by atoms with Gasteiger partial charge in [0.2, 0.25) is 5.91 Å². The van der Waals surface area contributed by atoms with Crippen LogP contribution < -0.4 is 5.32 Å². The molecule has 1 aromatic carbocycles. The molecule has 1 fully saturated rings. The molecule has 1 N–H and O–H groups in total. The molecule has 0 aromatic heterocycles. The van der Waals surface area contributed by atoms with Gasteiger partial charge in [0.1, 0.15) is 18.2 Å². The van der Waals surface area contributed by atoms with Crippen LogP contribution in [0.15, 0.2) is 37.4 Å². The van der Waals surface area contributed by atoms with Crippen molar-refractivity contribution in [2.45, 2.75) is 71.2 Å². The number of unbranched alkanes of at least 4 members (excludes halogenated alkanes) is 1. The van der Waals surface area contributed by atoms with Crippen molar-refractivity contribution in [2.24, 2.45) is 5.41 Å². The molecule has 1 aromatic rings. The number of hydrogen-bond donors (Lipinski definition) is 1. The Kier molecular flexibility index (Phi) is 10.4. The lowest BCUT2D eigenvalue weighted by molar-refractivity contribution is -0.152. The van der Waals surface area contributed by atoms with Gasteiger partial charge in [-0.05, 0) is 41.4 Å². The summed E-state index contributed by atoms with van der Waals surface area (Å²) in [5, 5.41) is 2.66. The van der Waals surface area contributed by atoms with E-state index in [0.717, 1.165) is 11.1 Å². The predicted molar refractivity (Wildman–Crippen MR) is 150 cm³/mol. The van der Waals surface area contributed by atoms with Crippen molar-refractivity contribution < 1.29 is 33.4 Å². The van der Waals surface area contributed by atoms with Crippen molar-refractivity contribution in [3.05, 3.63) is 54.1 Å². The van der Waals surface area contributed by atoms with E-state index in [-0.39, 0.29) is 19.6 Å². The first kappa shape index (κ1) is 30.7. The van der Waals surface area contributed by atoms with E-state index in [1.54, 1.807) is 37.8 Å². The molecule has 0 radical (unpaired) electrons. The van der Waals surface area contributed by atoms with Gasteiger partial charge in [-0.2, -0.15) is 0 Å². The van der Waals surface area contributed by atoms with E-state index in [2.05, 4.69) is 18.5 Å². The Balaban J connectivity index is 1.71. The van der Waals surface area contributed by atoms with E-state index in [0.29, 0.717) is 32.4 Å². The van der Waals surface area contributed by atoms with Gasteiger partial charge in [-0.3, -0.25) is 4.79 Å². The number of nitrogens with one attached hydrogen (secondary N) is 1. The van der Waals surface area contributed by atoms with Crippen LogP contribution in [0.25, 0.3) is 6.08 Å². The number of methoxy groups -OCH3 is 1. The molecule has 2 aliphatic rings. The highest BCUT2D eigenvalue weighted by atomic mass is 16.6. The van der Waals surface area contributed by atoms with Crippen LogP contribution >= 0.6 is 0 Å². The first-order valence-electron chi connectivity index (χ1n) is 13.6. The molecule has 0 saturated carbocycles. The minimum atomic E-state index is -0.989. The molecular formula is C30H41N3O7. The number of allylic oxidation sites excluding steroid dienone is 1. The summed E-state index contributed by atoms with van der Waals surface area (Å²) in [5.41, 5.74) is 2.48. The van der Waals surface area contributed by atoms with Crippen LogP contribution in [-0.4, -0.2) is 78.9 Å². The fourth-order valence-corrected chi connectivity index (χ4v) is 5.02. The largest absolute Gasteiger partial charge is 0.467 e. The number of likely N-dealkylation sites (tertiary alicyclic amines) is 1. The zero-order valence-corrected chi connectivity index (χ0v) is 23.9.